The number of para-hydroxylation sites is 1. The van der Waals surface area contributed by atoms with Gasteiger partial charge in [0.2, 0.25) is 0 Å². The summed E-state index contributed by atoms with van der Waals surface area (Å²) in [5, 5.41) is 2.84. The van der Waals surface area contributed by atoms with Gasteiger partial charge >= 0.3 is 0 Å². The van der Waals surface area contributed by atoms with Crippen LogP contribution in [0.4, 0.5) is 5.69 Å². The molecule has 1 aliphatic rings. The first-order valence-corrected chi connectivity index (χ1v) is 11.5. The van der Waals surface area contributed by atoms with E-state index in [0.717, 1.165) is 19.3 Å². The maximum Gasteiger partial charge on any atom is 0.264 e. The molecular weight excluding hydrogens is 388 g/mol. The van der Waals surface area contributed by atoms with Crippen molar-refractivity contribution < 1.29 is 17.9 Å². The number of amides is 1. The molecule has 0 atom stereocenters. The van der Waals surface area contributed by atoms with E-state index in [1.165, 1.54) is 36.3 Å². The van der Waals surface area contributed by atoms with Crippen LogP contribution in [0.2, 0.25) is 0 Å². The van der Waals surface area contributed by atoms with Gasteiger partial charge in [0, 0.05) is 25.8 Å². The zero-order valence-corrected chi connectivity index (χ0v) is 17.5. The van der Waals surface area contributed by atoms with Gasteiger partial charge in [0.05, 0.1) is 16.7 Å². The molecule has 29 heavy (non-hydrogen) atoms. The molecular formula is C22H28N2O4S. The van der Waals surface area contributed by atoms with Crippen molar-refractivity contribution in [2.45, 2.75) is 43.1 Å². The Morgan fingerprint density at radius 2 is 1.83 bits per heavy atom. The van der Waals surface area contributed by atoms with Crippen LogP contribution >= 0.6 is 0 Å². The van der Waals surface area contributed by atoms with Gasteiger partial charge in [-0.05, 0) is 49.6 Å². The van der Waals surface area contributed by atoms with Crippen LogP contribution in [0.25, 0.3) is 0 Å². The SMILES string of the molecule is CN(c1ccccc1)S(=O)(=O)c1cccc(C(=O)NCCCOC2CCCC2)c1. The summed E-state index contributed by atoms with van der Waals surface area (Å²) in [5.41, 5.74) is 0.883. The molecule has 2 aromatic rings. The van der Waals surface area contributed by atoms with Gasteiger partial charge in [0.25, 0.3) is 15.9 Å². The molecule has 1 fully saturated rings. The Labute approximate surface area is 172 Å². The number of rotatable bonds is 9. The topological polar surface area (TPSA) is 75.7 Å². The molecule has 1 saturated carbocycles. The third kappa shape index (κ3) is 5.58. The molecule has 0 heterocycles. The lowest BCUT2D eigenvalue weighted by atomic mass is 10.2. The normalized spacial score (nSPS) is 14.7. The fourth-order valence-corrected chi connectivity index (χ4v) is 4.66. The van der Waals surface area contributed by atoms with E-state index in [1.807, 2.05) is 6.07 Å². The zero-order valence-electron chi connectivity index (χ0n) is 16.7. The van der Waals surface area contributed by atoms with E-state index in [1.54, 1.807) is 36.4 Å². The smallest absolute Gasteiger partial charge is 0.264 e. The van der Waals surface area contributed by atoms with Gasteiger partial charge in [-0.1, -0.05) is 37.1 Å². The predicted molar refractivity (Wildman–Crippen MR) is 114 cm³/mol. The highest BCUT2D eigenvalue weighted by Crippen LogP contribution is 2.22. The van der Waals surface area contributed by atoms with Gasteiger partial charge in [0.1, 0.15) is 0 Å². The summed E-state index contributed by atoms with van der Waals surface area (Å²) in [6, 6.07) is 15.0. The number of carbonyl (C=O) groups excluding carboxylic acids is 1. The Hall–Kier alpha value is -2.38. The number of benzene rings is 2. The fraction of sp³-hybridized carbons (Fsp3) is 0.409. The van der Waals surface area contributed by atoms with Crippen LogP contribution in [0.1, 0.15) is 42.5 Å². The molecule has 0 saturated heterocycles. The van der Waals surface area contributed by atoms with Crippen molar-refractivity contribution in [1.82, 2.24) is 5.32 Å². The molecule has 0 aliphatic heterocycles. The largest absolute Gasteiger partial charge is 0.378 e. The maximum atomic E-state index is 12.9. The van der Waals surface area contributed by atoms with Crippen molar-refractivity contribution >= 4 is 21.6 Å². The van der Waals surface area contributed by atoms with Crippen LogP contribution in [0.3, 0.4) is 0 Å². The molecule has 3 rings (SSSR count). The highest BCUT2D eigenvalue weighted by molar-refractivity contribution is 7.92. The van der Waals surface area contributed by atoms with Crippen LogP contribution in [-0.2, 0) is 14.8 Å². The number of anilines is 1. The number of hydrogen-bond donors (Lipinski definition) is 1. The summed E-state index contributed by atoms with van der Waals surface area (Å²) in [4.78, 5) is 12.5. The Kier molecular flexibility index (Phi) is 7.28. The van der Waals surface area contributed by atoms with Gasteiger partial charge < -0.3 is 10.1 Å². The Morgan fingerprint density at radius 1 is 1.10 bits per heavy atom. The van der Waals surface area contributed by atoms with Crippen molar-refractivity contribution in [3.63, 3.8) is 0 Å². The maximum absolute atomic E-state index is 12.9. The van der Waals surface area contributed by atoms with Crippen LogP contribution in [0.5, 0.6) is 0 Å². The lowest BCUT2D eigenvalue weighted by Crippen LogP contribution is -2.28. The second-order valence-corrected chi connectivity index (χ2v) is 9.19. The molecule has 7 heteroatoms. The van der Waals surface area contributed by atoms with Gasteiger partial charge in [0.15, 0.2) is 0 Å². The summed E-state index contributed by atoms with van der Waals surface area (Å²) in [7, 11) is -2.25. The molecule has 0 aromatic heterocycles. The van der Waals surface area contributed by atoms with E-state index >= 15 is 0 Å². The number of nitrogens with one attached hydrogen (secondary N) is 1. The first-order valence-electron chi connectivity index (χ1n) is 10.0. The van der Waals surface area contributed by atoms with Gasteiger partial charge in [-0.25, -0.2) is 8.42 Å². The number of carbonyl (C=O) groups is 1. The molecule has 0 bridgehead atoms. The van der Waals surface area contributed by atoms with Crippen molar-refractivity contribution in [3.8, 4) is 0 Å². The van der Waals surface area contributed by atoms with E-state index in [4.69, 9.17) is 4.74 Å². The van der Waals surface area contributed by atoms with E-state index in [2.05, 4.69) is 5.32 Å². The van der Waals surface area contributed by atoms with Gasteiger partial charge in [-0.15, -0.1) is 0 Å². The zero-order chi connectivity index (χ0) is 20.7. The van der Waals surface area contributed by atoms with Crippen molar-refractivity contribution in [3.05, 3.63) is 60.2 Å². The molecule has 1 N–H and O–H groups in total. The molecule has 1 aliphatic carbocycles. The number of ether oxygens (including phenoxy) is 1. The van der Waals surface area contributed by atoms with Crippen molar-refractivity contribution in [1.29, 1.82) is 0 Å². The summed E-state index contributed by atoms with van der Waals surface area (Å²) in [5.74, 6) is -0.287. The van der Waals surface area contributed by atoms with E-state index < -0.39 is 10.0 Å². The van der Waals surface area contributed by atoms with Crippen LogP contribution in [0, 0.1) is 0 Å². The Morgan fingerprint density at radius 3 is 2.55 bits per heavy atom. The van der Waals surface area contributed by atoms with Crippen LogP contribution in [-0.4, -0.2) is 40.6 Å². The highest BCUT2D eigenvalue weighted by Gasteiger charge is 2.22. The second kappa shape index (κ2) is 9.89. The number of nitrogens with zero attached hydrogens (tertiary/aromatic N) is 1. The highest BCUT2D eigenvalue weighted by atomic mass is 32.2. The first-order chi connectivity index (χ1) is 14.0. The first kappa shape index (κ1) is 21.3. The van der Waals surface area contributed by atoms with Gasteiger partial charge in [-0.2, -0.15) is 0 Å². The lowest BCUT2D eigenvalue weighted by molar-refractivity contribution is 0.0565. The Bertz CT molecular complexity index is 909. The van der Waals surface area contributed by atoms with E-state index in [9.17, 15) is 13.2 Å². The quantitative estimate of drug-likeness (QED) is 0.634. The summed E-state index contributed by atoms with van der Waals surface area (Å²) < 4.78 is 32.8. The monoisotopic (exact) mass is 416 g/mol. The van der Waals surface area contributed by atoms with E-state index in [-0.39, 0.29) is 10.8 Å². The summed E-state index contributed by atoms with van der Waals surface area (Å²) in [6.07, 6.45) is 5.84. The molecule has 6 nitrogen and oxygen atoms in total. The molecule has 0 radical (unpaired) electrons. The average molecular weight is 417 g/mol. The van der Waals surface area contributed by atoms with E-state index in [0.29, 0.717) is 30.5 Å². The molecule has 2 aromatic carbocycles. The van der Waals surface area contributed by atoms with Crippen LogP contribution in [0.15, 0.2) is 59.5 Å². The summed E-state index contributed by atoms with van der Waals surface area (Å²) in [6.45, 7) is 1.12. The number of sulfonamides is 1. The molecule has 156 valence electrons. The third-order valence-electron chi connectivity index (χ3n) is 5.14. The Balaban J connectivity index is 1.57. The molecule has 1 amide bonds. The standard InChI is InChI=1S/C22H28N2O4S/c1-24(19-10-3-2-4-11-19)29(26,27)21-14-7-9-18(17-21)22(25)23-15-8-16-28-20-12-5-6-13-20/h2-4,7,9-11,14,17,20H,5-6,8,12-13,15-16H2,1H3,(H,23,25). The minimum atomic E-state index is -3.75. The second-order valence-electron chi connectivity index (χ2n) is 7.22. The van der Waals surface area contributed by atoms with Gasteiger partial charge in [-0.3, -0.25) is 9.10 Å². The molecule has 0 spiro atoms. The predicted octanol–water partition coefficient (Wildman–Crippen LogP) is 3.59. The van der Waals surface area contributed by atoms with Crippen molar-refractivity contribution in [2.24, 2.45) is 0 Å². The van der Waals surface area contributed by atoms with Crippen LogP contribution < -0.4 is 9.62 Å². The number of hydrogen-bond acceptors (Lipinski definition) is 4. The lowest BCUT2D eigenvalue weighted by Gasteiger charge is -2.19. The minimum Gasteiger partial charge on any atom is -0.378 e. The third-order valence-corrected chi connectivity index (χ3v) is 6.92. The minimum absolute atomic E-state index is 0.0843. The molecule has 0 unspecified atom stereocenters. The fourth-order valence-electron chi connectivity index (χ4n) is 3.41. The average Bonchev–Trinajstić information content (AvgIpc) is 3.27. The van der Waals surface area contributed by atoms with Crippen molar-refractivity contribution in [2.75, 3.05) is 24.5 Å². The summed E-state index contributed by atoms with van der Waals surface area (Å²) >= 11 is 0.